The summed E-state index contributed by atoms with van der Waals surface area (Å²) in [7, 11) is 3.39. The first-order valence-electron chi connectivity index (χ1n) is 6.11. The average Bonchev–Trinajstić information content (AvgIpc) is 2.39. The van der Waals surface area contributed by atoms with Crippen LogP contribution < -0.4 is 9.47 Å². The second kappa shape index (κ2) is 6.02. The van der Waals surface area contributed by atoms with E-state index in [4.69, 9.17) is 9.47 Å². The summed E-state index contributed by atoms with van der Waals surface area (Å²) in [6.07, 6.45) is 0. The second-order valence-corrected chi connectivity index (χ2v) is 5.49. The zero-order valence-corrected chi connectivity index (χ0v) is 12.5. The molecule has 2 rings (SSSR count). The van der Waals surface area contributed by atoms with E-state index in [0.717, 1.165) is 21.3 Å². The smallest absolute Gasteiger partial charge is 0.132 e. The number of hydrogen-bond donors (Lipinski definition) is 0. The predicted molar refractivity (Wildman–Crippen MR) is 79.6 cm³/mol. The molecule has 3 heteroatoms. The van der Waals surface area contributed by atoms with Gasteiger partial charge in [-0.05, 0) is 49.2 Å². The van der Waals surface area contributed by atoms with E-state index in [-0.39, 0.29) is 0 Å². The van der Waals surface area contributed by atoms with Crippen LogP contribution in [0.5, 0.6) is 11.5 Å². The number of hydrogen-bond acceptors (Lipinski definition) is 3. The lowest BCUT2D eigenvalue weighted by molar-refractivity contribution is 0.402. The normalized spacial score (nSPS) is 10.3. The van der Waals surface area contributed by atoms with E-state index in [9.17, 15) is 0 Å². The third-order valence-electron chi connectivity index (χ3n) is 2.86. The number of rotatable bonds is 4. The third kappa shape index (κ3) is 3.24. The van der Waals surface area contributed by atoms with E-state index in [0.29, 0.717) is 0 Å². The van der Waals surface area contributed by atoms with Gasteiger partial charge >= 0.3 is 0 Å². The summed E-state index contributed by atoms with van der Waals surface area (Å²) in [6, 6.07) is 12.4. The lowest BCUT2D eigenvalue weighted by Gasteiger charge is -2.12. The maximum absolute atomic E-state index is 5.41. The van der Waals surface area contributed by atoms with Crippen LogP contribution in [0.25, 0.3) is 0 Å². The molecule has 0 heterocycles. The minimum absolute atomic E-state index is 0.888. The minimum Gasteiger partial charge on any atom is -0.496 e. The van der Waals surface area contributed by atoms with Crippen LogP contribution in [-0.2, 0) is 0 Å². The molecule has 0 spiro atoms. The Kier molecular flexibility index (Phi) is 4.38. The van der Waals surface area contributed by atoms with Gasteiger partial charge in [-0.2, -0.15) is 0 Å². The van der Waals surface area contributed by atoms with Crippen LogP contribution in [0.2, 0.25) is 0 Å². The van der Waals surface area contributed by atoms with Crippen LogP contribution in [-0.4, -0.2) is 14.2 Å². The van der Waals surface area contributed by atoms with Crippen LogP contribution in [0.15, 0.2) is 46.2 Å². The first kappa shape index (κ1) is 13.8. The molecule has 0 aliphatic heterocycles. The number of ether oxygens (including phenoxy) is 2. The van der Waals surface area contributed by atoms with E-state index in [1.807, 2.05) is 12.1 Å². The molecule has 0 atom stereocenters. The molecule has 19 heavy (non-hydrogen) atoms. The van der Waals surface area contributed by atoms with Crippen LogP contribution in [0.1, 0.15) is 11.1 Å². The highest BCUT2D eigenvalue weighted by Crippen LogP contribution is 2.40. The summed E-state index contributed by atoms with van der Waals surface area (Å²) in [5, 5.41) is 0. The Balaban J connectivity index is 2.40. The van der Waals surface area contributed by atoms with Crippen LogP contribution in [0, 0.1) is 13.8 Å². The summed E-state index contributed by atoms with van der Waals surface area (Å²) in [6.45, 7) is 4.16. The monoisotopic (exact) mass is 274 g/mol. The summed E-state index contributed by atoms with van der Waals surface area (Å²) in [5.74, 6) is 1.78. The Labute approximate surface area is 118 Å². The zero-order chi connectivity index (χ0) is 13.8. The molecule has 0 fully saturated rings. The molecule has 0 radical (unpaired) electrons. The molecule has 0 unspecified atom stereocenters. The number of methoxy groups -OCH3 is 2. The zero-order valence-electron chi connectivity index (χ0n) is 11.7. The van der Waals surface area contributed by atoms with Crippen LogP contribution in [0.4, 0.5) is 0 Å². The Bertz CT molecular complexity index is 527. The number of aryl methyl sites for hydroxylation is 2. The fourth-order valence-corrected chi connectivity index (χ4v) is 3.08. The van der Waals surface area contributed by atoms with Crippen molar-refractivity contribution in [2.45, 2.75) is 23.6 Å². The first-order valence-corrected chi connectivity index (χ1v) is 6.93. The van der Waals surface area contributed by atoms with Gasteiger partial charge in [0.05, 0.1) is 24.0 Å². The van der Waals surface area contributed by atoms with Crippen molar-refractivity contribution >= 4 is 11.8 Å². The maximum Gasteiger partial charge on any atom is 0.132 e. The molecule has 0 aliphatic carbocycles. The van der Waals surface area contributed by atoms with Crippen molar-refractivity contribution in [3.05, 3.63) is 47.5 Å². The van der Waals surface area contributed by atoms with Crippen molar-refractivity contribution in [1.29, 1.82) is 0 Å². The Morgan fingerprint density at radius 3 is 1.53 bits per heavy atom. The molecule has 2 nitrogen and oxygen atoms in total. The Morgan fingerprint density at radius 1 is 0.737 bits per heavy atom. The molecule has 2 aromatic rings. The highest BCUT2D eigenvalue weighted by Gasteiger charge is 2.09. The van der Waals surface area contributed by atoms with Gasteiger partial charge in [0.15, 0.2) is 0 Å². The molecular formula is C16H18O2S. The van der Waals surface area contributed by atoms with Gasteiger partial charge in [-0.3, -0.25) is 0 Å². The molecule has 0 aromatic heterocycles. The fourth-order valence-electron chi connectivity index (χ4n) is 1.85. The highest BCUT2D eigenvalue weighted by molar-refractivity contribution is 7.99. The van der Waals surface area contributed by atoms with Crippen molar-refractivity contribution in [3.8, 4) is 11.5 Å². The Hall–Kier alpha value is -1.61. The van der Waals surface area contributed by atoms with Crippen molar-refractivity contribution in [2.75, 3.05) is 14.2 Å². The van der Waals surface area contributed by atoms with E-state index < -0.39 is 0 Å². The van der Waals surface area contributed by atoms with Crippen LogP contribution >= 0.6 is 11.8 Å². The van der Waals surface area contributed by atoms with E-state index in [1.165, 1.54) is 11.1 Å². The van der Waals surface area contributed by atoms with Crippen molar-refractivity contribution in [2.24, 2.45) is 0 Å². The lowest BCUT2D eigenvalue weighted by atomic mass is 10.2. The largest absolute Gasteiger partial charge is 0.496 e. The van der Waals surface area contributed by atoms with Gasteiger partial charge in [0, 0.05) is 0 Å². The van der Waals surface area contributed by atoms with Gasteiger partial charge in [0.25, 0.3) is 0 Å². The molecule has 2 aromatic carbocycles. The topological polar surface area (TPSA) is 18.5 Å². The minimum atomic E-state index is 0.888. The van der Waals surface area contributed by atoms with Crippen molar-refractivity contribution in [1.82, 2.24) is 0 Å². The summed E-state index contributed by atoms with van der Waals surface area (Å²) in [4.78, 5) is 2.21. The molecule has 100 valence electrons. The molecule has 0 amide bonds. The van der Waals surface area contributed by atoms with Gasteiger partial charge in [-0.1, -0.05) is 23.9 Å². The third-order valence-corrected chi connectivity index (χ3v) is 3.94. The van der Waals surface area contributed by atoms with E-state index in [2.05, 4.69) is 38.1 Å². The molecule has 0 bridgehead atoms. The molecule has 0 aliphatic rings. The summed E-state index contributed by atoms with van der Waals surface area (Å²) < 4.78 is 10.8. The van der Waals surface area contributed by atoms with Crippen molar-refractivity contribution in [3.63, 3.8) is 0 Å². The van der Waals surface area contributed by atoms with E-state index in [1.54, 1.807) is 26.0 Å². The summed E-state index contributed by atoms with van der Waals surface area (Å²) in [5.41, 5.74) is 2.44. The molecular weight excluding hydrogens is 256 g/mol. The fraction of sp³-hybridized carbons (Fsp3) is 0.250. The summed E-state index contributed by atoms with van der Waals surface area (Å²) >= 11 is 1.67. The Morgan fingerprint density at radius 2 is 1.16 bits per heavy atom. The molecule has 0 N–H and O–H groups in total. The SMILES string of the molecule is COc1ccc(C)cc1Sc1cc(C)ccc1OC. The van der Waals surface area contributed by atoms with Gasteiger partial charge in [0.1, 0.15) is 11.5 Å². The van der Waals surface area contributed by atoms with E-state index >= 15 is 0 Å². The van der Waals surface area contributed by atoms with Crippen molar-refractivity contribution < 1.29 is 9.47 Å². The maximum atomic E-state index is 5.41. The van der Waals surface area contributed by atoms with Gasteiger partial charge < -0.3 is 9.47 Å². The first-order chi connectivity index (χ1) is 9.13. The average molecular weight is 274 g/mol. The van der Waals surface area contributed by atoms with Gasteiger partial charge in [-0.25, -0.2) is 0 Å². The lowest BCUT2D eigenvalue weighted by Crippen LogP contribution is -1.90. The predicted octanol–water partition coefficient (Wildman–Crippen LogP) is 4.47. The standard InChI is InChI=1S/C16H18O2S/c1-11-5-7-13(17-3)15(9-11)19-16-10-12(2)6-8-14(16)18-4/h5-10H,1-4H3. The second-order valence-electron chi connectivity index (χ2n) is 4.41. The highest BCUT2D eigenvalue weighted by atomic mass is 32.2. The van der Waals surface area contributed by atoms with Gasteiger partial charge in [0.2, 0.25) is 0 Å². The molecule has 0 saturated carbocycles. The molecule has 0 saturated heterocycles. The quantitative estimate of drug-likeness (QED) is 0.819. The van der Waals surface area contributed by atoms with Gasteiger partial charge in [-0.15, -0.1) is 0 Å². The number of benzene rings is 2. The van der Waals surface area contributed by atoms with Crippen LogP contribution in [0.3, 0.4) is 0 Å².